The van der Waals surface area contributed by atoms with Crippen molar-refractivity contribution in [2.45, 2.75) is 6.92 Å². The lowest BCUT2D eigenvalue weighted by Crippen LogP contribution is -1.77. The Kier molecular flexibility index (Phi) is 2.61. The van der Waals surface area contributed by atoms with E-state index < -0.39 is 0 Å². The fourth-order valence-electron chi connectivity index (χ4n) is 0.754. The molecule has 0 aliphatic heterocycles. The minimum absolute atomic E-state index is 0.977. The molecule has 11 heavy (non-hydrogen) atoms. The first kappa shape index (κ1) is 7.73. The molecule has 0 amide bonds. The van der Waals surface area contributed by atoms with Gasteiger partial charge in [-0.05, 0) is 30.7 Å². The van der Waals surface area contributed by atoms with E-state index in [0.29, 0.717) is 0 Å². The monoisotopic (exact) mass is 145 g/mol. The number of allylic oxidation sites excluding steroid dienone is 2. The van der Waals surface area contributed by atoms with E-state index in [9.17, 15) is 0 Å². The molecule has 1 rings (SSSR count). The van der Waals surface area contributed by atoms with Crippen LogP contribution in [0.3, 0.4) is 0 Å². The number of nitrogens with zero attached hydrogens (tertiary/aromatic N) is 1. The highest BCUT2D eigenvalue weighted by Crippen LogP contribution is 2.02. The maximum absolute atomic E-state index is 4.14. The molecule has 1 aromatic rings. The van der Waals surface area contributed by atoms with Crippen LogP contribution < -0.4 is 0 Å². The first-order chi connectivity index (χ1) is 5.33. The lowest BCUT2D eigenvalue weighted by molar-refractivity contribution is 1.29. The lowest BCUT2D eigenvalue weighted by atomic mass is 10.2. The third-order valence-electron chi connectivity index (χ3n) is 1.39. The van der Waals surface area contributed by atoms with Crippen molar-refractivity contribution in [1.29, 1.82) is 0 Å². The standard InChI is InChI=1S/C10H11N/c1-3-9(2)8-10-6-4-5-7-11-10/h3-8H,1H2,2H3/b9-8+. The van der Waals surface area contributed by atoms with Crippen LogP contribution in [0.25, 0.3) is 6.08 Å². The van der Waals surface area contributed by atoms with Gasteiger partial charge in [-0.3, -0.25) is 4.98 Å². The van der Waals surface area contributed by atoms with Crippen molar-refractivity contribution in [3.05, 3.63) is 48.3 Å². The Balaban J connectivity index is 2.87. The van der Waals surface area contributed by atoms with Gasteiger partial charge in [0.25, 0.3) is 0 Å². The van der Waals surface area contributed by atoms with Crippen LogP contribution in [-0.4, -0.2) is 4.98 Å². The van der Waals surface area contributed by atoms with E-state index in [1.807, 2.05) is 37.3 Å². The van der Waals surface area contributed by atoms with Crippen molar-refractivity contribution < 1.29 is 0 Å². The highest BCUT2D eigenvalue weighted by Gasteiger charge is 1.85. The molecule has 1 nitrogen and oxygen atoms in total. The van der Waals surface area contributed by atoms with E-state index in [0.717, 1.165) is 11.3 Å². The second-order valence-electron chi connectivity index (χ2n) is 2.35. The zero-order valence-corrected chi connectivity index (χ0v) is 6.62. The molecular weight excluding hydrogens is 134 g/mol. The lowest BCUT2D eigenvalue weighted by Gasteiger charge is -1.91. The summed E-state index contributed by atoms with van der Waals surface area (Å²) in [5.74, 6) is 0. The molecule has 1 heterocycles. The second kappa shape index (κ2) is 3.71. The average molecular weight is 145 g/mol. The molecule has 0 aliphatic carbocycles. The Hall–Kier alpha value is -1.37. The third kappa shape index (κ3) is 2.38. The first-order valence-electron chi connectivity index (χ1n) is 3.54. The highest BCUT2D eigenvalue weighted by atomic mass is 14.6. The van der Waals surface area contributed by atoms with Crippen molar-refractivity contribution in [2.24, 2.45) is 0 Å². The molecular formula is C10H11N. The average Bonchev–Trinajstić information content (AvgIpc) is 2.06. The Morgan fingerprint density at radius 3 is 2.91 bits per heavy atom. The topological polar surface area (TPSA) is 12.9 Å². The van der Waals surface area contributed by atoms with Gasteiger partial charge in [-0.1, -0.05) is 18.7 Å². The molecule has 0 spiro atoms. The summed E-state index contributed by atoms with van der Waals surface area (Å²) in [7, 11) is 0. The number of pyridine rings is 1. The van der Waals surface area contributed by atoms with Gasteiger partial charge in [0.2, 0.25) is 0 Å². The normalized spacial score (nSPS) is 11.2. The van der Waals surface area contributed by atoms with Crippen LogP contribution in [0.2, 0.25) is 0 Å². The summed E-state index contributed by atoms with van der Waals surface area (Å²) in [4.78, 5) is 4.14. The van der Waals surface area contributed by atoms with Gasteiger partial charge in [0.15, 0.2) is 0 Å². The summed E-state index contributed by atoms with van der Waals surface area (Å²) >= 11 is 0. The van der Waals surface area contributed by atoms with Crippen molar-refractivity contribution in [3.8, 4) is 0 Å². The molecule has 1 aromatic heterocycles. The van der Waals surface area contributed by atoms with Gasteiger partial charge in [-0.15, -0.1) is 0 Å². The van der Waals surface area contributed by atoms with Crippen LogP contribution in [0.1, 0.15) is 12.6 Å². The smallest absolute Gasteiger partial charge is 0.0632 e. The quantitative estimate of drug-likeness (QED) is 0.583. The van der Waals surface area contributed by atoms with Crippen LogP contribution >= 0.6 is 0 Å². The predicted octanol–water partition coefficient (Wildman–Crippen LogP) is 2.67. The minimum atomic E-state index is 0.977. The van der Waals surface area contributed by atoms with Crippen molar-refractivity contribution in [1.82, 2.24) is 4.98 Å². The SMILES string of the molecule is C=C/C(C)=C/c1ccccn1. The molecule has 0 unspecified atom stereocenters. The van der Waals surface area contributed by atoms with Crippen molar-refractivity contribution in [3.63, 3.8) is 0 Å². The van der Waals surface area contributed by atoms with Crippen LogP contribution in [0, 0.1) is 0 Å². The molecule has 0 aliphatic rings. The van der Waals surface area contributed by atoms with Gasteiger partial charge in [0, 0.05) is 6.20 Å². The van der Waals surface area contributed by atoms with E-state index in [4.69, 9.17) is 0 Å². The molecule has 0 N–H and O–H groups in total. The fraction of sp³-hybridized carbons (Fsp3) is 0.100. The Morgan fingerprint density at radius 1 is 1.55 bits per heavy atom. The van der Waals surface area contributed by atoms with Gasteiger partial charge in [-0.25, -0.2) is 0 Å². The summed E-state index contributed by atoms with van der Waals surface area (Å²) < 4.78 is 0. The van der Waals surface area contributed by atoms with Gasteiger partial charge in [0.1, 0.15) is 0 Å². The predicted molar refractivity (Wildman–Crippen MR) is 48.1 cm³/mol. The number of aromatic nitrogens is 1. The summed E-state index contributed by atoms with van der Waals surface area (Å²) in [6.07, 6.45) is 5.59. The summed E-state index contributed by atoms with van der Waals surface area (Å²) in [6, 6.07) is 5.84. The van der Waals surface area contributed by atoms with E-state index in [1.54, 1.807) is 6.20 Å². The van der Waals surface area contributed by atoms with E-state index >= 15 is 0 Å². The maximum Gasteiger partial charge on any atom is 0.0632 e. The molecule has 0 bridgehead atoms. The van der Waals surface area contributed by atoms with Gasteiger partial charge in [-0.2, -0.15) is 0 Å². The van der Waals surface area contributed by atoms with E-state index in [2.05, 4.69) is 11.6 Å². The van der Waals surface area contributed by atoms with Crippen LogP contribution in [-0.2, 0) is 0 Å². The zero-order chi connectivity index (χ0) is 8.10. The fourth-order valence-corrected chi connectivity index (χ4v) is 0.754. The molecule has 1 heteroatoms. The molecule has 0 saturated carbocycles. The Morgan fingerprint density at radius 2 is 2.36 bits per heavy atom. The maximum atomic E-state index is 4.14. The number of hydrogen-bond donors (Lipinski definition) is 0. The molecule has 0 saturated heterocycles. The summed E-state index contributed by atoms with van der Waals surface area (Å²) in [6.45, 7) is 5.66. The molecule has 0 fully saturated rings. The molecule has 0 radical (unpaired) electrons. The van der Waals surface area contributed by atoms with Gasteiger partial charge >= 0.3 is 0 Å². The largest absolute Gasteiger partial charge is 0.257 e. The highest BCUT2D eigenvalue weighted by molar-refractivity contribution is 5.50. The van der Waals surface area contributed by atoms with E-state index in [1.165, 1.54) is 0 Å². The summed E-state index contributed by atoms with van der Waals surface area (Å²) in [5.41, 5.74) is 2.11. The first-order valence-corrected chi connectivity index (χ1v) is 3.54. The number of hydrogen-bond acceptors (Lipinski definition) is 1. The van der Waals surface area contributed by atoms with Crippen LogP contribution in [0.5, 0.6) is 0 Å². The Labute approximate surface area is 67.1 Å². The van der Waals surface area contributed by atoms with Crippen LogP contribution in [0.15, 0.2) is 42.6 Å². The molecule has 0 atom stereocenters. The van der Waals surface area contributed by atoms with Gasteiger partial charge < -0.3 is 0 Å². The molecule has 56 valence electrons. The van der Waals surface area contributed by atoms with E-state index in [-0.39, 0.29) is 0 Å². The van der Waals surface area contributed by atoms with Crippen molar-refractivity contribution >= 4 is 6.08 Å². The number of rotatable bonds is 2. The van der Waals surface area contributed by atoms with Crippen LogP contribution in [0.4, 0.5) is 0 Å². The minimum Gasteiger partial charge on any atom is -0.257 e. The van der Waals surface area contributed by atoms with Crippen molar-refractivity contribution in [2.75, 3.05) is 0 Å². The zero-order valence-electron chi connectivity index (χ0n) is 6.62. The van der Waals surface area contributed by atoms with Gasteiger partial charge in [0.05, 0.1) is 5.69 Å². The third-order valence-corrected chi connectivity index (χ3v) is 1.39. The Bertz CT molecular complexity index is 259. The molecule has 0 aromatic carbocycles. The summed E-state index contributed by atoms with van der Waals surface area (Å²) in [5, 5.41) is 0. The second-order valence-corrected chi connectivity index (χ2v) is 2.35.